The maximum Gasteiger partial charge on any atom is 0.226 e. The molecule has 0 aliphatic heterocycles. The zero-order valence-corrected chi connectivity index (χ0v) is 12.3. The van der Waals surface area contributed by atoms with Crippen LogP contribution in [0.1, 0.15) is 49.8 Å². The van der Waals surface area contributed by atoms with E-state index in [1.807, 2.05) is 0 Å². The number of amides is 1. The molecular formula is C15H20N2O2S. The van der Waals surface area contributed by atoms with E-state index < -0.39 is 0 Å². The maximum absolute atomic E-state index is 12.0. The summed E-state index contributed by atoms with van der Waals surface area (Å²) in [5.74, 6) is 5.92. The Morgan fingerprint density at radius 2 is 2.15 bits per heavy atom. The van der Waals surface area contributed by atoms with Crippen molar-refractivity contribution in [3.8, 4) is 11.8 Å². The number of hydrogen-bond donors (Lipinski definition) is 2. The molecule has 2 N–H and O–H groups in total. The van der Waals surface area contributed by atoms with E-state index in [2.05, 4.69) is 22.1 Å². The highest BCUT2D eigenvalue weighted by Gasteiger charge is 2.16. The Kier molecular flexibility index (Phi) is 6.03. The summed E-state index contributed by atoms with van der Waals surface area (Å²) in [7, 11) is 0. The second-order valence-electron chi connectivity index (χ2n) is 5.10. The lowest BCUT2D eigenvalue weighted by molar-refractivity contribution is -0.117. The van der Waals surface area contributed by atoms with Crippen LogP contribution in [0.4, 0.5) is 5.13 Å². The number of aliphatic hydroxyl groups is 1. The highest BCUT2D eigenvalue weighted by molar-refractivity contribution is 7.16. The maximum atomic E-state index is 12.0. The van der Waals surface area contributed by atoms with E-state index in [1.165, 1.54) is 49.9 Å². The van der Waals surface area contributed by atoms with Gasteiger partial charge < -0.3 is 10.4 Å². The van der Waals surface area contributed by atoms with E-state index >= 15 is 0 Å². The summed E-state index contributed by atoms with van der Waals surface area (Å²) in [4.78, 5) is 16.9. The number of rotatable bonds is 3. The Bertz CT molecular complexity index is 493. The highest BCUT2D eigenvalue weighted by Crippen LogP contribution is 2.26. The van der Waals surface area contributed by atoms with Gasteiger partial charge in [0.15, 0.2) is 5.13 Å². The third kappa shape index (κ3) is 4.95. The van der Waals surface area contributed by atoms with Gasteiger partial charge in [0, 0.05) is 6.42 Å². The van der Waals surface area contributed by atoms with Crippen LogP contribution in [0.25, 0.3) is 0 Å². The minimum Gasteiger partial charge on any atom is -0.384 e. The van der Waals surface area contributed by atoms with Crippen molar-refractivity contribution in [2.24, 2.45) is 5.92 Å². The van der Waals surface area contributed by atoms with Crippen molar-refractivity contribution in [1.82, 2.24) is 4.98 Å². The first kappa shape index (κ1) is 15.0. The number of aromatic nitrogens is 1. The molecule has 1 aromatic heterocycles. The van der Waals surface area contributed by atoms with Gasteiger partial charge >= 0.3 is 0 Å². The van der Waals surface area contributed by atoms with E-state index in [4.69, 9.17) is 5.11 Å². The lowest BCUT2D eigenvalue weighted by Crippen LogP contribution is -2.16. The molecule has 1 fully saturated rings. The van der Waals surface area contributed by atoms with Gasteiger partial charge in [-0.1, -0.05) is 48.9 Å². The number of nitrogens with zero attached hydrogens (tertiary/aromatic N) is 1. The molecule has 0 radical (unpaired) electrons. The fourth-order valence-electron chi connectivity index (χ4n) is 2.52. The van der Waals surface area contributed by atoms with Crippen LogP contribution < -0.4 is 5.32 Å². The third-order valence-corrected chi connectivity index (χ3v) is 4.32. The first-order chi connectivity index (χ1) is 9.78. The molecule has 5 heteroatoms. The Morgan fingerprint density at radius 1 is 1.40 bits per heavy atom. The van der Waals surface area contributed by atoms with Gasteiger partial charge in [-0.05, 0) is 18.8 Å². The first-order valence-electron chi connectivity index (χ1n) is 7.13. The number of anilines is 1. The molecular weight excluding hydrogens is 272 g/mol. The van der Waals surface area contributed by atoms with Crippen LogP contribution in [-0.4, -0.2) is 22.6 Å². The second kappa shape index (κ2) is 8.03. The highest BCUT2D eigenvalue weighted by atomic mass is 32.1. The van der Waals surface area contributed by atoms with E-state index in [0.29, 0.717) is 17.5 Å². The quantitative estimate of drug-likeness (QED) is 0.665. The molecule has 0 aromatic carbocycles. The number of aliphatic hydroxyl groups excluding tert-OH is 1. The lowest BCUT2D eigenvalue weighted by atomic mass is 9.96. The van der Waals surface area contributed by atoms with Gasteiger partial charge in [-0.25, -0.2) is 4.98 Å². The summed E-state index contributed by atoms with van der Waals surface area (Å²) < 4.78 is 0. The first-order valence-corrected chi connectivity index (χ1v) is 7.95. The molecule has 1 aliphatic rings. The van der Waals surface area contributed by atoms with Gasteiger partial charge in [-0.3, -0.25) is 4.79 Å². The zero-order chi connectivity index (χ0) is 14.2. The molecule has 20 heavy (non-hydrogen) atoms. The number of carbonyl (C=O) groups is 1. The predicted octanol–water partition coefficient (Wildman–Crippen LogP) is 2.79. The van der Waals surface area contributed by atoms with Crippen LogP contribution in [0.2, 0.25) is 0 Å². The number of nitrogens with one attached hydrogen (secondary N) is 1. The number of hydrogen-bond acceptors (Lipinski definition) is 4. The molecule has 108 valence electrons. The van der Waals surface area contributed by atoms with Crippen LogP contribution in [0.15, 0.2) is 6.20 Å². The minimum atomic E-state index is -0.165. The van der Waals surface area contributed by atoms with Crippen LogP contribution in [0.3, 0.4) is 0 Å². The Hall–Kier alpha value is -1.38. The third-order valence-electron chi connectivity index (χ3n) is 3.49. The summed E-state index contributed by atoms with van der Waals surface area (Å²) >= 11 is 1.34. The lowest BCUT2D eigenvalue weighted by Gasteiger charge is -2.12. The van der Waals surface area contributed by atoms with Crippen molar-refractivity contribution < 1.29 is 9.90 Å². The van der Waals surface area contributed by atoms with Crippen LogP contribution in [-0.2, 0) is 4.79 Å². The molecule has 1 amide bonds. The molecule has 0 saturated heterocycles. The molecule has 1 heterocycles. The summed E-state index contributed by atoms with van der Waals surface area (Å²) in [6.45, 7) is -0.165. The Morgan fingerprint density at radius 3 is 2.85 bits per heavy atom. The molecule has 0 bridgehead atoms. The smallest absolute Gasteiger partial charge is 0.226 e. The van der Waals surface area contributed by atoms with Gasteiger partial charge in [0.25, 0.3) is 0 Å². The van der Waals surface area contributed by atoms with Crippen molar-refractivity contribution in [3.05, 3.63) is 11.1 Å². The van der Waals surface area contributed by atoms with E-state index in [9.17, 15) is 4.79 Å². The van der Waals surface area contributed by atoms with Gasteiger partial charge in [0.1, 0.15) is 6.61 Å². The van der Waals surface area contributed by atoms with Gasteiger partial charge in [0.05, 0.1) is 11.1 Å². The molecule has 1 aromatic rings. The van der Waals surface area contributed by atoms with Gasteiger partial charge in [-0.15, -0.1) is 0 Å². The minimum absolute atomic E-state index is 0.0490. The molecule has 0 atom stereocenters. The van der Waals surface area contributed by atoms with Crippen molar-refractivity contribution in [2.75, 3.05) is 11.9 Å². The molecule has 2 rings (SSSR count). The van der Waals surface area contributed by atoms with Gasteiger partial charge in [-0.2, -0.15) is 0 Å². The van der Waals surface area contributed by atoms with E-state index in [-0.39, 0.29) is 12.5 Å². The SMILES string of the molecule is O=C(CC1CCCCCC1)Nc1ncc(C#CCO)s1. The molecule has 0 unspecified atom stereocenters. The van der Waals surface area contributed by atoms with Crippen molar-refractivity contribution >= 4 is 22.4 Å². The fraction of sp³-hybridized carbons (Fsp3) is 0.600. The zero-order valence-electron chi connectivity index (χ0n) is 11.5. The van der Waals surface area contributed by atoms with Crippen LogP contribution in [0, 0.1) is 17.8 Å². The summed E-state index contributed by atoms with van der Waals surface area (Å²) in [6.07, 6.45) is 9.64. The fourth-order valence-corrected chi connectivity index (χ4v) is 3.22. The van der Waals surface area contributed by atoms with Crippen LogP contribution >= 0.6 is 11.3 Å². The molecule has 1 aliphatic carbocycles. The molecule has 1 saturated carbocycles. The normalized spacial score (nSPS) is 16.1. The number of thiazole rings is 1. The predicted molar refractivity (Wildman–Crippen MR) is 80.5 cm³/mol. The Balaban J connectivity index is 1.82. The van der Waals surface area contributed by atoms with Crippen molar-refractivity contribution in [3.63, 3.8) is 0 Å². The largest absolute Gasteiger partial charge is 0.384 e. The van der Waals surface area contributed by atoms with Crippen LogP contribution in [0.5, 0.6) is 0 Å². The Labute approximate surface area is 123 Å². The molecule has 0 spiro atoms. The van der Waals surface area contributed by atoms with E-state index in [1.54, 1.807) is 6.20 Å². The average molecular weight is 292 g/mol. The monoisotopic (exact) mass is 292 g/mol. The number of carbonyl (C=O) groups excluding carboxylic acids is 1. The summed E-state index contributed by atoms with van der Waals surface area (Å²) in [5, 5.41) is 12.1. The van der Waals surface area contributed by atoms with Crippen molar-refractivity contribution in [2.45, 2.75) is 44.9 Å². The second-order valence-corrected chi connectivity index (χ2v) is 6.13. The summed E-state index contributed by atoms with van der Waals surface area (Å²) in [6, 6.07) is 0. The topological polar surface area (TPSA) is 62.2 Å². The van der Waals surface area contributed by atoms with E-state index in [0.717, 1.165) is 4.88 Å². The van der Waals surface area contributed by atoms with Crippen molar-refractivity contribution in [1.29, 1.82) is 0 Å². The average Bonchev–Trinajstić information content (AvgIpc) is 2.70. The van der Waals surface area contributed by atoms with Gasteiger partial charge in [0.2, 0.25) is 5.91 Å². The molecule has 4 nitrogen and oxygen atoms in total. The summed E-state index contributed by atoms with van der Waals surface area (Å²) in [5.41, 5.74) is 0. The standard InChI is InChI=1S/C15H20N2O2S/c18-9-5-8-13-11-16-15(20-13)17-14(19)10-12-6-3-1-2-4-7-12/h11-12,18H,1-4,6-7,9-10H2,(H,16,17,19).